The molecule has 0 radical (unpaired) electrons. The Morgan fingerprint density at radius 1 is 1.00 bits per heavy atom. The van der Waals surface area contributed by atoms with Crippen LogP contribution in [0.2, 0.25) is 5.02 Å². The van der Waals surface area contributed by atoms with Crippen molar-refractivity contribution in [3.8, 4) is 11.3 Å². The molecule has 0 aliphatic heterocycles. The molecule has 7 nitrogen and oxygen atoms in total. The number of amides is 3. The Hall–Kier alpha value is -3.23. The molecule has 32 heavy (non-hydrogen) atoms. The third kappa shape index (κ3) is 5.93. The van der Waals surface area contributed by atoms with E-state index in [1.807, 2.05) is 31.4 Å². The summed E-state index contributed by atoms with van der Waals surface area (Å²) >= 11 is 7.38. The maximum absolute atomic E-state index is 12.9. The molecule has 3 amide bonds. The van der Waals surface area contributed by atoms with Gasteiger partial charge in [-0.2, -0.15) is 0 Å². The number of anilines is 2. The van der Waals surface area contributed by atoms with Gasteiger partial charge in [0, 0.05) is 23.6 Å². The molecule has 3 N–H and O–H groups in total. The normalized spacial score (nSPS) is 11.7. The summed E-state index contributed by atoms with van der Waals surface area (Å²) < 4.78 is 0. The summed E-state index contributed by atoms with van der Waals surface area (Å²) in [7, 11) is 0. The Kier molecular flexibility index (Phi) is 7.61. The number of carbonyl (C=O) groups is 3. The van der Waals surface area contributed by atoms with Crippen molar-refractivity contribution in [3.05, 3.63) is 64.5 Å². The predicted molar refractivity (Wildman–Crippen MR) is 128 cm³/mol. The molecule has 0 aliphatic carbocycles. The molecule has 166 valence electrons. The topological polar surface area (TPSA) is 100 Å². The van der Waals surface area contributed by atoms with E-state index in [1.165, 1.54) is 18.3 Å². The molecule has 0 saturated heterocycles. The van der Waals surface area contributed by atoms with Crippen LogP contribution in [0.3, 0.4) is 0 Å². The van der Waals surface area contributed by atoms with Crippen molar-refractivity contribution in [1.29, 1.82) is 0 Å². The zero-order chi connectivity index (χ0) is 23.3. The van der Waals surface area contributed by atoms with Gasteiger partial charge < -0.3 is 16.0 Å². The fourth-order valence-electron chi connectivity index (χ4n) is 2.97. The van der Waals surface area contributed by atoms with Gasteiger partial charge in [0.25, 0.3) is 5.91 Å². The van der Waals surface area contributed by atoms with Gasteiger partial charge in [0.2, 0.25) is 11.8 Å². The number of nitrogens with zero attached hydrogens (tertiary/aromatic N) is 1. The highest BCUT2D eigenvalue weighted by atomic mass is 35.5. The first-order valence-electron chi connectivity index (χ1n) is 9.94. The number of hydrogen-bond acceptors (Lipinski definition) is 5. The molecule has 1 aromatic heterocycles. The maximum Gasteiger partial charge on any atom is 0.253 e. The molecule has 9 heteroatoms. The number of nitrogens with one attached hydrogen (secondary N) is 3. The Morgan fingerprint density at radius 3 is 2.31 bits per heavy atom. The summed E-state index contributed by atoms with van der Waals surface area (Å²) in [6.07, 6.45) is 0. The molecular formula is C23H23ClN4O3S. The summed E-state index contributed by atoms with van der Waals surface area (Å²) in [6, 6.07) is 13.2. The lowest BCUT2D eigenvalue weighted by Gasteiger charge is -2.21. The van der Waals surface area contributed by atoms with E-state index >= 15 is 0 Å². The lowest BCUT2D eigenvalue weighted by molar-refractivity contribution is -0.119. The molecule has 0 fully saturated rings. The highest BCUT2D eigenvalue weighted by molar-refractivity contribution is 7.14. The van der Waals surface area contributed by atoms with E-state index < -0.39 is 11.9 Å². The van der Waals surface area contributed by atoms with Crippen molar-refractivity contribution in [2.75, 3.05) is 10.6 Å². The SMILES string of the molecule is CC(=O)Nc1ccc(-c2csc(NC(=O)C(NC(=O)c3ccccc3Cl)C(C)C)n2)cc1. The highest BCUT2D eigenvalue weighted by Crippen LogP contribution is 2.26. The molecule has 3 aromatic rings. The number of thiazole rings is 1. The third-order valence-corrected chi connectivity index (χ3v) is 5.68. The van der Waals surface area contributed by atoms with Crippen LogP contribution in [0.4, 0.5) is 10.8 Å². The Labute approximate surface area is 195 Å². The van der Waals surface area contributed by atoms with Gasteiger partial charge in [-0.15, -0.1) is 11.3 Å². The van der Waals surface area contributed by atoms with Crippen molar-refractivity contribution < 1.29 is 14.4 Å². The third-order valence-electron chi connectivity index (χ3n) is 4.59. The van der Waals surface area contributed by atoms with Crippen molar-refractivity contribution in [2.45, 2.75) is 26.8 Å². The maximum atomic E-state index is 12.9. The standard InChI is InChI=1S/C23H23ClN4O3S/c1-13(2)20(27-21(30)17-6-4-5-7-18(17)24)22(31)28-23-26-19(12-32-23)15-8-10-16(11-9-15)25-14(3)29/h4-13,20H,1-3H3,(H,25,29)(H,27,30)(H,26,28,31). The zero-order valence-electron chi connectivity index (χ0n) is 17.8. The summed E-state index contributed by atoms with van der Waals surface area (Å²) in [5.41, 5.74) is 2.55. The van der Waals surface area contributed by atoms with E-state index in [1.54, 1.807) is 36.4 Å². The van der Waals surface area contributed by atoms with Gasteiger partial charge >= 0.3 is 0 Å². The fraction of sp³-hybridized carbons (Fsp3) is 0.217. The molecule has 3 rings (SSSR count). The number of hydrogen-bond donors (Lipinski definition) is 3. The van der Waals surface area contributed by atoms with Crippen molar-refractivity contribution in [1.82, 2.24) is 10.3 Å². The average Bonchev–Trinajstić information content (AvgIpc) is 3.20. The minimum absolute atomic E-state index is 0.141. The van der Waals surface area contributed by atoms with Crippen LogP contribution in [-0.4, -0.2) is 28.7 Å². The highest BCUT2D eigenvalue weighted by Gasteiger charge is 2.26. The fourth-order valence-corrected chi connectivity index (χ4v) is 3.92. The van der Waals surface area contributed by atoms with Crippen molar-refractivity contribution in [3.63, 3.8) is 0 Å². The van der Waals surface area contributed by atoms with E-state index in [9.17, 15) is 14.4 Å². The Bertz CT molecular complexity index is 1130. The number of carbonyl (C=O) groups excluding carboxylic acids is 3. The largest absolute Gasteiger partial charge is 0.340 e. The number of benzene rings is 2. The van der Waals surface area contributed by atoms with Crippen LogP contribution in [0.5, 0.6) is 0 Å². The van der Waals surface area contributed by atoms with Crippen molar-refractivity contribution >= 4 is 51.5 Å². The van der Waals surface area contributed by atoms with Gasteiger partial charge in [-0.25, -0.2) is 4.98 Å². The van der Waals surface area contributed by atoms with Crippen LogP contribution in [0.1, 0.15) is 31.1 Å². The zero-order valence-corrected chi connectivity index (χ0v) is 19.4. The Morgan fingerprint density at radius 2 is 1.69 bits per heavy atom. The van der Waals surface area contributed by atoms with Gasteiger partial charge in [-0.05, 0) is 30.2 Å². The second-order valence-corrected chi connectivity index (χ2v) is 8.73. The first-order valence-corrected chi connectivity index (χ1v) is 11.2. The van der Waals surface area contributed by atoms with E-state index in [0.717, 1.165) is 5.56 Å². The number of rotatable bonds is 7. The monoisotopic (exact) mass is 470 g/mol. The average molecular weight is 471 g/mol. The molecule has 0 aliphatic rings. The van der Waals surface area contributed by atoms with Crippen LogP contribution in [0, 0.1) is 5.92 Å². The number of aromatic nitrogens is 1. The summed E-state index contributed by atoms with van der Waals surface area (Å²) in [6.45, 7) is 5.15. The van der Waals surface area contributed by atoms with E-state index in [-0.39, 0.29) is 17.7 Å². The van der Waals surface area contributed by atoms with Crippen LogP contribution in [-0.2, 0) is 9.59 Å². The quantitative estimate of drug-likeness (QED) is 0.461. The van der Waals surface area contributed by atoms with Crippen LogP contribution < -0.4 is 16.0 Å². The molecule has 0 saturated carbocycles. The van der Waals surface area contributed by atoms with E-state index in [0.29, 0.717) is 27.1 Å². The summed E-state index contributed by atoms with van der Waals surface area (Å²) in [5.74, 6) is -1.06. The second kappa shape index (κ2) is 10.4. The molecule has 1 atom stereocenters. The summed E-state index contributed by atoms with van der Waals surface area (Å²) in [4.78, 5) is 41.1. The Balaban J connectivity index is 1.68. The minimum Gasteiger partial charge on any atom is -0.340 e. The van der Waals surface area contributed by atoms with E-state index in [2.05, 4.69) is 20.9 Å². The molecular weight excluding hydrogens is 448 g/mol. The van der Waals surface area contributed by atoms with E-state index in [4.69, 9.17) is 11.6 Å². The van der Waals surface area contributed by atoms with Crippen molar-refractivity contribution in [2.24, 2.45) is 5.92 Å². The predicted octanol–water partition coefficient (Wildman–Crippen LogP) is 4.82. The van der Waals surface area contributed by atoms with Gasteiger partial charge in [-0.1, -0.05) is 49.7 Å². The van der Waals surface area contributed by atoms with Gasteiger partial charge in [-0.3, -0.25) is 14.4 Å². The minimum atomic E-state index is -0.761. The smallest absolute Gasteiger partial charge is 0.253 e. The van der Waals surface area contributed by atoms with Gasteiger partial charge in [0.05, 0.1) is 16.3 Å². The lowest BCUT2D eigenvalue weighted by Crippen LogP contribution is -2.47. The first kappa shape index (κ1) is 23.4. The van der Waals surface area contributed by atoms with Gasteiger partial charge in [0.15, 0.2) is 5.13 Å². The molecule has 0 bridgehead atoms. The lowest BCUT2D eigenvalue weighted by atomic mass is 10.0. The number of halogens is 1. The van der Waals surface area contributed by atoms with Crippen LogP contribution >= 0.6 is 22.9 Å². The molecule has 1 heterocycles. The molecule has 0 spiro atoms. The second-order valence-electron chi connectivity index (χ2n) is 7.46. The van der Waals surface area contributed by atoms with Crippen LogP contribution in [0.15, 0.2) is 53.9 Å². The molecule has 1 unspecified atom stereocenters. The first-order chi connectivity index (χ1) is 15.2. The van der Waals surface area contributed by atoms with Crippen LogP contribution in [0.25, 0.3) is 11.3 Å². The summed E-state index contributed by atoms with van der Waals surface area (Å²) in [5, 5.41) is 10.8. The molecule has 2 aromatic carbocycles. The van der Waals surface area contributed by atoms with Gasteiger partial charge in [0.1, 0.15) is 6.04 Å².